The number of nitrogens with zero attached hydrogens (tertiary/aromatic N) is 2. The van der Waals surface area contributed by atoms with Gasteiger partial charge in [0.15, 0.2) is 5.03 Å². The van der Waals surface area contributed by atoms with Crippen molar-refractivity contribution in [2.45, 2.75) is 30.4 Å². The van der Waals surface area contributed by atoms with Crippen molar-refractivity contribution in [3.63, 3.8) is 0 Å². The van der Waals surface area contributed by atoms with Gasteiger partial charge in [0.1, 0.15) is 0 Å². The van der Waals surface area contributed by atoms with Crippen molar-refractivity contribution in [1.29, 1.82) is 0 Å². The number of hydrogen-bond donors (Lipinski definition) is 2. The number of nitrogens with one attached hydrogen (secondary N) is 1. The molecule has 0 aromatic carbocycles. The molecule has 1 aliphatic heterocycles. The number of aromatic nitrogens is 2. The smallest absolute Gasteiger partial charge is 0.259 e. The van der Waals surface area contributed by atoms with E-state index in [-0.39, 0.29) is 5.03 Å². The van der Waals surface area contributed by atoms with Crippen molar-refractivity contribution < 1.29 is 13.5 Å². The van der Waals surface area contributed by atoms with Crippen LogP contribution in [0.15, 0.2) is 17.3 Å². The average Bonchev–Trinajstić information content (AvgIpc) is 2.70. The molecule has 7 heteroatoms. The van der Waals surface area contributed by atoms with Gasteiger partial charge in [-0.15, -0.1) is 0 Å². The van der Waals surface area contributed by atoms with Crippen molar-refractivity contribution >= 4 is 10.0 Å². The van der Waals surface area contributed by atoms with Crippen LogP contribution in [0.1, 0.15) is 19.8 Å². The van der Waals surface area contributed by atoms with Crippen molar-refractivity contribution in [3.8, 4) is 0 Å². The van der Waals surface area contributed by atoms with E-state index in [0.29, 0.717) is 25.9 Å². The van der Waals surface area contributed by atoms with E-state index in [0.717, 1.165) is 0 Å². The van der Waals surface area contributed by atoms with Gasteiger partial charge in [-0.2, -0.15) is 9.40 Å². The lowest BCUT2D eigenvalue weighted by Crippen LogP contribution is -2.45. The standard InChI is InChI=1S/C9H15N3O3S/c1-9(13)3-6-12(7-4-9)16(14,15)8-2-5-10-11-8/h2,5,13H,3-4,6-7H2,1H3,(H,10,11). The summed E-state index contributed by atoms with van der Waals surface area (Å²) < 4.78 is 25.4. The van der Waals surface area contributed by atoms with E-state index in [4.69, 9.17) is 0 Å². The lowest BCUT2D eigenvalue weighted by atomic mass is 9.95. The maximum absolute atomic E-state index is 12.0. The van der Waals surface area contributed by atoms with Crippen LogP contribution in [0, 0.1) is 0 Å². The molecule has 2 heterocycles. The Kier molecular flexibility index (Phi) is 2.77. The highest BCUT2D eigenvalue weighted by Gasteiger charge is 2.34. The Hall–Kier alpha value is -0.920. The van der Waals surface area contributed by atoms with Crippen LogP contribution < -0.4 is 0 Å². The van der Waals surface area contributed by atoms with Crippen LogP contribution in [0.4, 0.5) is 0 Å². The van der Waals surface area contributed by atoms with E-state index in [1.54, 1.807) is 6.92 Å². The molecule has 0 bridgehead atoms. The van der Waals surface area contributed by atoms with Crippen molar-refractivity contribution in [2.24, 2.45) is 0 Å². The molecule has 0 unspecified atom stereocenters. The second kappa shape index (κ2) is 3.83. The topological polar surface area (TPSA) is 86.3 Å². The number of aliphatic hydroxyl groups is 1. The first-order valence-electron chi connectivity index (χ1n) is 5.14. The van der Waals surface area contributed by atoms with Gasteiger partial charge in [0.2, 0.25) is 0 Å². The molecular weight excluding hydrogens is 230 g/mol. The third kappa shape index (κ3) is 2.11. The summed E-state index contributed by atoms with van der Waals surface area (Å²) in [6, 6.07) is 1.43. The molecule has 1 saturated heterocycles. The van der Waals surface area contributed by atoms with E-state index >= 15 is 0 Å². The van der Waals surface area contributed by atoms with Crippen molar-refractivity contribution in [2.75, 3.05) is 13.1 Å². The van der Waals surface area contributed by atoms with Gasteiger partial charge in [-0.3, -0.25) is 5.10 Å². The largest absolute Gasteiger partial charge is 0.390 e. The Balaban J connectivity index is 2.16. The molecular formula is C9H15N3O3S. The quantitative estimate of drug-likeness (QED) is 0.764. The first-order valence-corrected chi connectivity index (χ1v) is 6.58. The fraction of sp³-hybridized carbons (Fsp3) is 0.667. The molecule has 2 N–H and O–H groups in total. The lowest BCUT2D eigenvalue weighted by Gasteiger charge is -2.34. The van der Waals surface area contributed by atoms with E-state index in [9.17, 15) is 13.5 Å². The minimum Gasteiger partial charge on any atom is -0.390 e. The van der Waals surface area contributed by atoms with E-state index in [1.807, 2.05) is 0 Å². The number of hydrogen-bond acceptors (Lipinski definition) is 4. The summed E-state index contributed by atoms with van der Waals surface area (Å²) in [5.74, 6) is 0. The highest BCUT2D eigenvalue weighted by Crippen LogP contribution is 2.25. The zero-order chi connectivity index (χ0) is 11.8. The molecule has 1 aromatic rings. The summed E-state index contributed by atoms with van der Waals surface area (Å²) in [5, 5.41) is 15.9. The second-order valence-electron chi connectivity index (χ2n) is 4.32. The van der Waals surface area contributed by atoms with Gasteiger partial charge in [-0.25, -0.2) is 8.42 Å². The molecule has 0 aliphatic carbocycles. The van der Waals surface area contributed by atoms with Gasteiger partial charge >= 0.3 is 0 Å². The first-order chi connectivity index (χ1) is 7.42. The highest BCUT2D eigenvalue weighted by atomic mass is 32.2. The number of aromatic amines is 1. The number of H-pyrrole nitrogens is 1. The Morgan fingerprint density at radius 1 is 1.50 bits per heavy atom. The average molecular weight is 245 g/mol. The fourth-order valence-corrected chi connectivity index (χ4v) is 3.08. The maximum atomic E-state index is 12.0. The van der Waals surface area contributed by atoms with Crippen LogP contribution in [-0.4, -0.2) is 46.7 Å². The number of sulfonamides is 1. The van der Waals surface area contributed by atoms with Crippen LogP contribution in [-0.2, 0) is 10.0 Å². The molecule has 6 nitrogen and oxygen atoms in total. The normalized spacial score (nSPS) is 22.1. The third-order valence-electron chi connectivity index (χ3n) is 2.89. The lowest BCUT2D eigenvalue weighted by molar-refractivity contribution is 0.0125. The van der Waals surface area contributed by atoms with Crippen LogP contribution in [0.25, 0.3) is 0 Å². The number of piperidine rings is 1. The molecule has 0 atom stereocenters. The Morgan fingerprint density at radius 2 is 2.12 bits per heavy atom. The summed E-state index contributed by atoms with van der Waals surface area (Å²) in [7, 11) is -3.46. The summed E-state index contributed by atoms with van der Waals surface area (Å²) in [6.45, 7) is 2.41. The van der Waals surface area contributed by atoms with Gasteiger partial charge in [0.05, 0.1) is 11.8 Å². The molecule has 1 aromatic heterocycles. The summed E-state index contributed by atoms with van der Waals surface area (Å²) in [5.41, 5.74) is -0.750. The van der Waals surface area contributed by atoms with Crippen molar-refractivity contribution in [1.82, 2.24) is 14.5 Å². The molecule has 0 radical (unpaired) electrons. The predicted molar refractivity (Wildman–Crippen MR) is 57.2 cm³/mol. The monoisotopic (exact) mass is 245 g/mol. The fourth-order valence-electron chi connectivity index (χ4n) is 1.73. The predicted octanol–water partition coefficient (Wildman–Crippen LogP) is -0.0548. The Bertz CT molecular complexity index is 442. The van der Waals surface area contributed by atoms with Gasteiger partial charge in [-0.05, 0) is 25.8 Å². The number of rotatable bonds is 2. The molecule has 0 saturated carbocycles. The maximum Gasteiger partial charge on any atom is 0.259 e. The Morgan fingerprint density at radius 3 is 2.62 bits per heavy atom. The molecule has 1 aliphatic rings. The van der Waals surface area contributed by atoms with E-state index in [1.165, 1.54) is 16.6 Å². The summed E-state index contributed by atoms with van der Waals surface area (Å²) in [6.07, 6.45) is 2.33. The Labute approximate surface area is 94.3 Å². The minimum atomic E-state index is -3.46. The van der Waals surface area contributed by atoms with Gasteiger partial charge in [-0.1, -0.05) is 0 Å². The first kappa shape index (κ1) is 11.6. The zero-order valence-corrected chi connectivity index (χ0v) is 9.87. The van der Waals surface area contributed by atoms with Crippen LogP contribution in [0.5, 0.6) is 0 Å². The molecule has 0 amide bonds. The molecule has 0 spiro atoms. The highest BCUT2D eigenvalue weighted by molar-refractivity contribution is 7.89. The zero-order valence-electron chi connectivity index (χ0n) is 9.05. The molecule has 16 heavy (non-hydrogen) atoms. The summed E-state index contributed by atoms with van der Waals surface area (Å²) >= 11 is 0. The second-order valence-corrected chi connectivity index (χ2v) is 6.23. The van der Waals surface area contributed by atoms with Crippen molar-refractivity contribution in [3.05, 3.63) is 12.3 Å². The minimum absolute atomic E-state index is 0.106. The summed E-state index contributed by atoms with van der Waals surface area (Å²) in [4.78, 5) is 0. The van der Waals surface area contributed by atoms with E-state index in [2.05, 4.69) is 10.2 Å². The third-order valence-corrected chi connectivity index (χ3v) is 4.72. The van der Waals surface area contributed by atoms with Crippen LogP contribution >= 0.6 is 0 Å². The molecule has 90 valence electrons. The van der Waals surface area contributed by atoms with Crippen LogP contribution in [0.3, 0.4) is 0 Å². The SMILES string of the molecule is CC1(O)CCN(S(=O)(=O)c2ccn[nH]2)CC1. The molecule has 1 fully saturated rings. The molecule has 2 rings (SSSR count). The van der Waals surface area contributed by atoms with Gasteiger partial charge < -0.3 is 5.11 Å². The van der Waals surface area contributed by atoms with Gasteiger partial charge in [0, 0.05) is 13.1 Å². The van der Waals surface area contributed by atoms with Gasteiger partial charge in [0.25, 0.3) is 10.0 Å². The van der Waals surface area contributed by atoms with Crippen LogP contribution in [0.2, 0.25) is 0 Å². The van der Waals surface area contributed by atoms with E-state index < -0.39 is 15.6 Å².